The predicted octanol–water partition coefficient (Wildman–Crippen LogP) is 2.47. The molecule has 0 aliphatic rings. The highest BCUT2D eigenvalue weighted by atomic mass is 16.5. The maximum atomic E-state index is 11.7. The molecule has 4 heteroatoms. The van der Waals surface area contributed by atoms with Crippen LogP contribution in [0.3, 0.4) is 0 Å². The largest absolute Gasteiger partial charge is 0.481 e. The quantitative estimate of drug-likeness (QED) is 0.682. The lowest BCUT2D eigenvalue weighted by Gasteiger charge is -2.18. The van der Waals surface area contributed by atoms with Gasteiger partial charge in [0.15, 0.2) is 0 Å². The minimum Gasteiger partial charge on any atom is -0.481 e. The number of hydrogen-bond acceptors (Lipinski definition) is 3. The molecule has 0 amide bonds. The molecule has 0 heterocycles. The Kier molecular flexibility index (Phi) is 6.77. The number of ether oxygens (including phenoxy) is 1. The Morgan fingerprint density at radius 2 is 1.75 bits per heavy atom. The van der Waals surface area contributed by atoms with E-state index >= 15 is 0 Å². The van der Waals surface area contributed by atoms with E-state index in [2.05, 4.69) is 0 Å². The second kappa shape index (κ2) is 7.25. The second-order valence-electron chi connectivity index (χ2n) is 4.24. The number of esters is 1. The molecule has 16 heavy (non-hydrogen) atoms. The number of hydrogen-bond donors (Lipinski definition) is 1. The summed E-state index contributed by atoms with van der Waals surface area (Å²) in [5.74, 6) is -1.95. The summed E-state index contributed by atoms with van der Waals surface area (Å²) in [6.07, 6.45) is 1.65. The van der Waals surface area contributed by atoms with Crippen molar-refractivity contribution in [1.82, 2.24) is 0 Å². The van der Waals surface area contributed by atoms with Crippen molar-refractivity contribution in [3.05, 3.63) is 0 Å². The van der Waals surface area contributed by atoms with Crippen molar-refractivity contribution in [2.45, 2.75) is 53.1 Å². The molecule has 1 N–H and O–H groups in total. The monoisotopic (exact) mass is 230 g/mol. The molecule has 3 unspecified atom stereocenters. The van der Waals surface area contributed by atoms with Gasteiger partial charge in [0.05, 0.1) is 17.9 Å². The van der Waals surface area contributed by atoms with Crippen molar-refractivity contribution < 1.29 is 19.4 Å². The summed E-state index contributed by atoms with van der Waals surface area (Å²) in [6.45, 7) is 7.27. The minimum absolute atomic E-state index is 0.0957. The fourth-order valence-electron chi connectivity index (χ4n) is 1.33. The summed E-state index contributed by atoms with van der Waals surface area (Å²) in [5.41, 5.74) is 0. The van der Waals surface area contributed by atoms with Crippen LogP contribution in [0, 0.1) is 11.8 Å². The van der Waals surface area contributed by atoms with Gasteiger partial charge in [-0.2, -0.15) is 0 Å². The van der Waals surface area contributed by atoms with Crippen LogP contribution in [0.2, 0.25) is 0 Å². The number of carboxylic acid groups (broad SMARTS) is 1. The molecule has 0 fully saturated rings. The van der Waals surface area contributed by atoms with Crippen molar-refractivity contribution in [3.63, 3.8) is 0 Å². The molecular formula is C12H22O4. The number of carboxylic acids is 1. The zero-order chi connectivity index (χ0) is 12.7. The Bertz CT molecular complexity index is 237. The average Bonchev–Trinajstić information content (AvgIpc) is 2.24. The van der Waals surface area contributed by atoms with Gasteiger partial charge in [-0.3, -0.25) is 9.59 Å². The van der Waals surface area contributed by atoms with E-state index in [-0.39, 0.29) is 18.0 Å². The van der Waals surface area contributed by atoms with Crippen molar-refractivity contribution >= 4 is 11.9 Å². The van der Waals surface area contributed by atoms with Crippen molar-refractivity contribution in [2.75, 3.05) is 0 Å². The van der Waals surface area contributed by atoms with E-state index in [0.29, 0.717) is 12.8 Å². The van der Waals surface area contributed by atoms with E-state index in [1.54, 1.807) is 6.92 Å². The lowest BCUT2D eigenvalue weighted by Crippen LogP contribution is -2.25. The van der Waals surface area contributed by atoms with Gasteiger partial charge in [-0.05, 0) is 26.2 Å². The maximum absolute atomic E-state index is 11.7. The molecule has 0 saturated carbocycles. The van der Waals surface area contributed by atoms with Crippen LogP contribution < -0.4 is 0 Å². The molecule has 0 aliphatic carbocycles. The molecule has 0 aromatic heterocycles. The number of rotatable bonds is 7. The third kappa shape index (κ3) is 5.14. The lowest BCUT2D eigenvalue weighted by molar-refractivity contribution is -0.154. The van der Waals surface area contributed by atoms with Gasteiger partial charge in [-0.25, -0.2) is 0 Å². The molecule has 0 rings (SSSR count). The Morgan fingerprint density at radius 1 is 1.19 bits per heavy atom. The highest BCUT2D eigenvalue weighted by Gasteiger charge is 2.24. The van der Waals surface area contributed by atoms with E-state index in [1.165, 1.54) is 0 Å². The van der Waals surface area contributed by atoms with Crippen molar-refractivity contribution in [3.8, 4) is 0 Å². The van der Waals surface area contributed by atoms with Gasteiger partial charge in [0.25, 0.3) is 0 Å². The highest BCUT2D eigenvalue weighted by molar-refractivity contribution is 5.75. The van der Waals surface area contributed by atoms with Gasteiger partial charge in [0, 0.05) is 0 Å². The standard InChI is InChI=1S/C12H22O4/c1-5-9(4)16-12(15)10(6-2)7-8(3)11(13)14/h8-10H,5-7H2,1-4H3,(H,13,14). The van der Waals surface area contributed by atoms with Crippen LogP contribution >= 0.6 is 0 Å². The zero-order valence-electron chi connectivity index (χ0n) is 10.5. The Balaban J connectivity index is 4.27. The Hall–Kier alpha value is -1.06. The lowest BCUT2D eigenvalue weighted by atomic mass is 9.94. The third-order valence-electron chi connectivity index (χ3n) is 2.78. The first-order valence-corrected chi connectivity index (χ1v) is 5.85. The third-order valence-corrected chi connectivity index (χ3v) is 2.78. The molecule has 0 bridgehead atoms. The maximum Gasteiger partial charge on any atom is 0.309 e. The van der Waals surface area contributed by atoms with Gasteiger partial charge in [0.2, 0.25) is 0 Å². The van der Waals surface area contributed by atoms with Crippen LogP contribution in [0.4, 0.5) is 0 Å². The Labute approximate surface area is 97.0 Å². The predicted molar refractivity (Wildman–Crippen MR) is 61.0 cm³/mol. The molecule has 0 aliphatic heterocycles. The van der Waals surface area contributed by atoms with Crippen LogP contribution in [0.5, 0.6) is 0 Å². The molecule has 4 nitrogen and oxygen atoms in total. The van der Waals surface area contributed by atoms with Gasteiger partial charge in [0.1, 0.15) is 0 Å². The van der Waals surface area contributed by atoms with Crippen molar-refractivity contribution in [1.29, 1.82) is 0 Å². The summed E-state index contributed by atoms with van der Waals surface area (Å²) in [4.78, 5) is 22.4. The van der Waals surface area contributed by atoms with Crippen LogP contribution in [-0.4, -0.2) is 23.1 Å². The van der Waals surface area contributed by atoms with Gasteiger partial charge in [-0.15, -0.1) is 0 Å². The average molecular weight is 230 g/mol. The SMILES string of the molecule is CCC(C)OC(=O)C(CC)CC(C)C(=O)O. The minimum atomic E-state index is -0.866. The molecule has 0 aromatic rings. The first kappa shape index (κ1) is 14.9. The van der Waals surface area contributed by atoms with Crippen LogP contribution in [0.25, 0.3) is 0 Å². The molecule has 94 valence electrons. The highest BCUT2D eigenvalue weighted by Crippen LogP contribution is 2.18. The number of carbonyl (C=O) groups excluding carboxylic acids is 1. The normalized spacial score (nSPS) is 16.2. The number of carbonyl (C=O) groups is 2. The number of aliphatic carboxylic acids is 1. The molecule has 0 spiro atoms. The molecule has 0 radical (unpaired) electrons. The molecule has 3 atom stereocenters. The summed E-state index contributed by atoms with van der Waals surface area (Å²) in [5, 5.41) is 8.78. The van der Waals surface area contributed by atoms with Gasteiger partial charge in [-0.1, -0.05) is 20.8 Å². The summed E-state index contributed by atoms with van der Waals surface area (Å²) in [7, 11) is 0. The van der Waals surface area contributed by atoms with E-state index in [4.69, 9.17) is 9.84 Å². The first-order chi connectivity index (χ1) is 7.42. The molecular weight excluding hydrogens is 208 g/mol. The van der Waals surface area contributed by atoms with E-state index in [1.807, 2.05) is 20.8 Å². The summed E-state index contributed by atoms with van der Waals surface area (Å²) < 4.78 is 5.20. The van der Waals surface area contributed by atoms with Crippen LogP contribution in [-0.2, 0) is 14.3 Å². The fourth-order valence-corrected chi connectivity index (χ4v) is 1.33. The van der Waals surface area contributed by atoms with Gasteiger partial charge < -0.3 is 9.84 Å². The van der Waals surface area contributed by atoms with E-state index < -0.39 is 11.9 Å². The van der Waals surface area contributed by atoms with E-state index in [0.717, 1.165) is 6.42 Å². The summed E-state index contributed by atoms with van der Waals surface area (Å²) >= 11 is 0. The Morgan fingerprint density at radius 3 is 2.12 bits per heavy atom. The second-order valence-corrected chi connectivity index (χ2v) is 4.24. The van der Waals surface area contributed by atoms with Gasteiger partial charge >= 0.3 is 11.9 Å². The first-order valence-electron chi connectivity index (χ1n) is 5.85. The molecule has 0 aromatic carbocycles. The fraction of sp³-hybridized carbons (Fsp3) is 0.833. The topological polar surface area (TPSA) is 63.6 Å². The van der Waals surface area contributed by atoms with Crippen molar-refractivity contribution in [2.24, 2.45) is 11.8 Å². The van der Waals surface area contributed by atoms with Crippen LogP contribution in [0.15, 0.2) is 0 Å². The zero-order valence-corrected chi connectivity index (χ0v) is 10.5. The van der Waals surface area contributed by atoms with Crippen LogP contribution in [0.1, 0.15) is 47.0 Å². The smallest absolute Gasteiger partial charge is 0.309 e. The van der Waals surface area contributed by atoms with E-state index in [9.17, 15) is 9.59 Å². The summed E-state index contributed by atoms with van der Waals surface area (Å²) in [6, 6.07) is 0. The molecule has 0 saturated heterocycles.